The van der Waals surface area contributed by atoms with E-state index in [9.17, 15) is 13.6 Å². The first kappa shape index (κ1) is 26.5. The zero-order chi connectivity index (χ0) is 27.5. The molecule has 2 atom stereocenters. The minimum atomic E-state index is -0.906. The number of hydrogen-bond acceptors (Lipinski definition) is 5. The Morgan fingerprint density at radius 1 is 1.13 bits per heavy atom. The van der Waals surface area contributed by atoms with Gasteiger partial charge in [0.2, 0.25) is 0 Å². The number of para-hydroxylation sites is 1. The van der Waals surface area contributed by atoms with Crippen molar-refractivity contribution in [2.24, 2.45) is 7.05 Å². The molecular weight excluding hydrogens is 504 g/mol. The van der Waals surface area contributed by atoms with E-state index in [-0.39, 0.29) is 12.0 Å². The number of carbonyl (C=O) groups excluding carboxylic acids is 1. The fraction of sp³-hybridized carbons (Fsp3) is 0.321. The minimum Gasteiger partial charge on any atom is -0.383 e. The summed E-state index contributed by atoms with van der Waals surface area (Å²) in [4.78, 5) is 15.6. The molecule has 39 heavy (non-hydrogen) atoms. The van der Waals surface area contributed by atoms with Crippen LogP contribution in [0.3, 0.4) is 0 Å². The highest BCUT2D eigenvalue weighted by molar-refractivity contribution is 5.91. The van der Waals surface area contributed by atoms with Crippen molar-refractivity contribution in [3.05, 3.63) is 83.7 Å². The van der Waals surface area contributed by atoms with Crippen molar-refractivity contribution in [2.75, 3.05) is 38.7 Å². The summed E-state index contributed by atoms with van der Waals surface area (Å²) in [5, 5.41) is 15.1. The molecule has 0 aliphatic carbocycles. The van der Waals surface area contributed by atoms with Crippen LogP contribution in [0.25, 0.3) is 16.9 Å². The largest absolute Gasteiger partial charge is 0.383 e. The Kier molecular flexibility index (Phi) is 7.71. The van der Waals surface area contributed by atoms with Gasteiger partial charge in [-0.1, -0.05) is 24.3 Å². The quantitative estimate of drug-likeness (QED) is 0.355. The maximum absolute atomic E-state index is 14.1. The lowest BCUT2D eigenvalue weighted by Crippen LogP contribution is -2.42. The van der Waals surface area contributed by atoms with Crippen molar-refractivity contribution in [3.63, 3.8) is 0 Å². The maximum Gasteiger partial charge on any atom is 0.320 e. The number of urea groups is 1. The number of methoxy groups -OCH3 is 1. The van der Waals surface area contributed by atoms with E-state index in [4.69, 9.17) is 9.84 Å². The van der Waals surface area contributed by atoms with Crippen molar-refractivity contribution in [1.29, 1.82) is 0 Å². The molecule has 1 aliphatic rings. The lowest BCUT2D eigenvalue weighted by atomic mass is 9.94. The zero-order valence-corrected chi connectivity index (χ0v) is 22.1. The van der Waals surface area contributed by atoms with Gasteiger partial charge in [-0.25, -0.2) is 18.3 Å². The van der Waals surface area contributed by atoms with E-state index in [0.717, 1.165) is 22.9 Å². The average Bonchev–Trinajstić information content (AvgIpc) is 3.62. The van der Waals surface area contributed by atoms with Crippen LogP contribution in [0.15, 0.2) is 60.9 Å². The molecule has 0 spiro atoms. The number of aromatic nitrogens is 4. The molecule has 3 heterocycles. The number of carbonyl (C=O) groups is 1. The molecule has 1 aliphatic heterocycles. The molecule has 11 heteroatoms. The summed E-state index contributed by atoms with van der Waals surface area (Å²) < 4.78 is 36.3. The third kappa shape index (κ3) is 5.69. The number of benzene rings is 2. The second-order valence-corrected chi connectivity index (χ2v) is 9.71. The van der Waals surface area contributed by atoms with Crippen molar-refractivity contribution in [3.8, 4) is 16.9 Å². The molecule has 5 rings (SSSR count). The topological polar surface area (TPSA) is 89.2 Å². The Labute approximate surface area is 225 Å². The van der Waals surface area contributed by atoms with Gasteiger partial charge in [0, 0.05) is 57.0 Å². The number of ether oxygens (including phenoxy) is 1. The highest BCUT2D eigenvalue weighted by Crippen LogP contribution is 2.31. The third-order valence-electron chi connectivity index (χ3n) is 7.03. The van der Waals surface area contributed by atoms with E-state index in [1.165, 1.54) is 6.07 Å². The van der Waals surface area contributed by atoms with E-state index in [1.54, 1.807) is 28.7 Å². The Morgan fingerprint density at radius 3 is 2.62 bits per heavy atom. The maximum atomic E-state index is 14.1. The van der Waals surface area contributed by atoms with Crippen LogP contribution in [-0.2, 0) is 11.8 Å². The molecule has 2 unspecified atom stereocenters. The van der Waals surface area contributed by atoms with Crippen LogP contribution >= 0.6 is 0 Å². The van der Waals surface area contributed by atoms with E-state index in [0.29, 0.717) is 43.3 Å². The Bertz CT molecular complexity index is 1450. The number of nitrogens with one attached hydrogen (secondary N) is 2. The smallest absolute Gasteiger partial charge is 0.320 e. The van der Waals surface area contributed by atoms with Gasteiger partial charge in [-0.3, -0.25) is 14.9 Å². The average molecular weight is 536 g/mol. The van der Waals surface area contributed by atoms with Crippen molar-refractivity contribution < 1.29 is 18.3 Å². The van der Waals surface area contributed by atoms with Crippen molar-refractivity contribution in [2.45, 2.75) is 18.9 Å². The lowest BCUT2D eigenvalue weighted by Gasteiger charge is -2.21. The number of likely N-dealkylation sites (tertiary alicyclic amines) is 1. The SMILES string of the molecule is COCCN1CC(NC(=O)Nc2c(C)c(-c3cnn(C)c3)nn2-c2ccccc2)C(c2ccc(F)c(F)c2)C1. The number of hydrogen-bond donors (Lipinski definition) is 2. The van der Waals surface area contributed by atoms with E-state index in [1.807, 2.05) is 50.5 Å². The van der Waals surface area contributed by atoms with Crippen LogP contribution in [0, 0.1) is 18.6 Å². The van der Waals surface area contributed by atoms with E-state index in [2.05, 4.69) is 20.6 Å². The fourth-order valence-corrected chi connectivity index (χ4v) is 5.04. The van der Waals surface area contributed by atoms with Gasteiger partial charge in [-0.2, -0.15) is 10.2 Å². The summed E-state index contributed by atoms with van der Waals surface area (Å²) in [6, 6.07) is 12.7. The molecule has 1 fully saturated rings. The van der Waals surface area contributed by atoms with Crippen LogP contribution in [0.1, 0.15) is 17.0 Å². The Morgan fingerprint density at radius 2 is 1.92 bits per heavy atom. The van der Waals surface area contributed by atoms with Gasteiger partial charge in [0.05, 0.1) is 24.5 Å². The zero-order valence-electron chi connectivity index (χ0n) is 22.1. The predicted octanol–water partition coefficient (Wildman–Crippen LogP) is 4.10. The molecule has 0 saturated carbocycles. The van der Waals surface area contributed by atoms with Crippen LogP contribution in [-0.4, -0.2) is 69.9 Å². The number of anilines is 1. The summed E-state index contributed by atoms with van der Waals surface area (Å²) in [6.45, 7) is 4.20. The Balaban J connectivity index is 1.42. The van der Waals surface area contributed by atoms with Gasteiger partial charge in [0.25, 0.3) is 0 Å². The second-order valence-electron chi connectivity index (χ2n) is 9.71. The molecule has 2 aromatic heterocycles. The molecule has 0 radical (unpaired) electrons. The Hall–Kier alpha value is -4.09. The van der Waals surface area contributed by atoms with Crippen molar-refractivity contribution >= 4 is 11.8 Å². The van der Waals surface area contributed by atoms with Crippen LogP contribution in [0.4, 0.5) is 19.4 Å². The van der Waals surface area contributed by atoms with Gasteiger partial charge in [-0.05, 0) is 36.8 Å². The van der Waals surface area contributed by atoms with E-state index < -0.39 is 17.7 Å². The van der Waals surface area contributed by atoms with Gasteiger partial charge >= 0.3 is 6.03 Å². The first-order valence-corrected chi connectivity index (χ1v) is 12.7. The number of halogens is 2. The fourth-order valence-electron chi connectivity index (χ4n) is 5.04. The predicted molar refractivity (Wildman–Crippen MR) is 144 cm³/mol. The minimum absolute atomic E-state index is 0.228. The molecule has 2 N–H and O–H groups in total. The van der Waals surface area contributed by atoms with Crippen LogP contribution < -0.4 is 10.6 Å². The number of rotatable bonds is 8. The summed E-state index contributed by atoms with van der Waals surface area (Å²) >= 11 is 0. The molecule has 9 nitrogen and oxygen atoms in total. The molecule has 204 valence electrons. The first-order valence-electron chi connectivity index (χ1n) is 12.7. The number of aryl methyl sites for hydroxylation is 1. The van der Waals surface area contributed by atoms with Crippen LogP contribution in [0.2, 0.25) is 0 Å². The highest BCUT2D eigenvalue weighted by Gasteiger charge is 2.35. The van der Waals surface area contributed by atoms with E-state index >= 15 is 0 Å². The molecule has 4 aromatic rings. The summed E-state index contributed by atoms with van der Waals surface area (Å²) in [5.74, 6) is -1.51. The van der Waals surface area contributed by atoms with Gasteiger partial charge < -0.3 is 10.1 Å². The van der Waals surface area contributed by atoms with Gasteiger partial charge in [-0.15, -0.1) is 0 Å². The van der Waals surface area contributed by atoms with Crippen molar-refractivity contribution in [1.82, 2.24) is 29.8 Å². The van der Waals surface area contributed by atoms with Crippen LogP contribution in [0.5, 0.6) is 0 Å². The number of nitrogens with zero attached hydrogens (tertiary/aromatic N) is 5. The summed E-state index contributed by atoms with van der Waals surface area (Å²) in [6.07, 6.45) is 3.60. The second kappa shape index (κ2) is 11.3. The van der Waals surface area contributed by atoms with Gasteiger partial charge in [0.15, 0.2) is 11.6 Å². The lowest BCUT2D eigenvalue weighted by molar-refractivity contribution is 0.159. The van der Waals surface area contributed by atoms with Gasteiger partial charge in [0.1, 0.15) is 11.5 Å². The summed E-state index contributed by atoms with van der Waals surface area (Å²) in [5.41, 5.74) is 3.73. The molecular formula is C28H31F2N7O2. The first-order chi connectivity index (χ1) is 18.8. The molecule has 2 amide bonds. The normalized spacial score (nSPS) is 17.5. The standard InChI is InChI=1S/C28H31F2N7O2/c1-18-26(20-14-31-35(2)15-20)34-37(21-7-5-4-6-8-21)27(18)33-28(38)32-25-17-36(11-12-39-3)16-22(25)19-9-10-23(29)24(30)13-19/h4-10,13-15,22,25H,11-12,16-17H2,1-3H3,(H2,32,33,38). The molecule has 0 bridgehead atoms. The number of amides is 2. The highest BCUT2D eigenvalue weighted by atomic mass is 19.2. The summed E-state index contributed by atoms with van der Waals surface area (Å²) in [7, 11) is 3.46. The molecule has 1 saturated heterocycles. The monoisotopic (exact) mass is 535 g/mol. The third-order valence-corrected chi connectivity index (χ3v) is 7.03. The molecule has 2 aromatic carbocycles.